The third-order valence-corrected chi connectivity index (χ3v) is 5.72. The van der Waals surface area contributed by atoms with Crippen LogP contribution < -0.4 is 10.2 Å². The Labute approximate surface area is 166 Å². The molecule has 7 heteroatoms. The van der Waals surface area contributed by atoms with Crippen molar-refractivity contribution < 1.29 is 19.4 Å². The van der Waals surface area contributed by atoms with E-state index in [1.54, 1.807) is 11.3 Å². The molecule has 3 aromatic rings. The van der Waals surface area contributed by atoms with Crippen molar-refractivity contribution in [2.24, 2.45) is 0 Å². The Balaban J connectivity index is 1.39. The minimum Gasteiger partial charge on any atom is -0.407 e. The van der Waals surface area contributed by atoms with Crippen LogP contribution in [0.1, 0.15) is 11.3 Å². The second kappa shape index (κ2) is 7.61. The zero-order chi connectivity index (χ0) is 19.6. The van der Waals surface area contributed by atoms with E-state index in [0.717, 1.165) is 15.6 Å². The minimum absolute atomic E-state index is 0.0248. The number of nitrogens with one attached hydrogen (secondary N) is 1. The van der Waals surface area contributed by atoms with E-state index in [-0.39, 0.29) is 13.0 Å². The maximum Gasteiger partial charge on any atom is 0.410 e. The molecule has 2 amide bonds. The van der Waals surface area contributed by atoms with Crippen LogP contribution in [0, 0.1) is 0 Å². The molecule has 6 nitrogen and oxygen atoms in total. The minimum atomic E-state index is -2.14. The third kappa shape index (κ3) is 3.72. The van der Waals surface area contributed by atoms with E-state index in [1.165, 1.54) is 4.90 Å². The van der Waals surface area contributed by atoms with Gasteiger partial charge in [-0.1, -0.05) is 36.4 Å². The van der Waals surface area contributed by atoms with Gasteiger partial charge in [0.25, 0.3) is 11.7 Å². The summed E-state index contributed by atoms with van der Waals surface area (Å²) in [6.07, 6.45) is -0.105. The maximum atomic E-state index is 12.7. The Kier molecular flexibility index (Phi) is 5.02. The molecule has 0 unspecified atom stereocenters. The number of aliphatic hydroxyl groups is 1. The SMILES string of the molecule is O=C(NCCc1cccs1)O[C@]1(O)CCN(c2ccc3ccccc3c2)C1=O. The molecule has 0 aliphatic carbocycles. The van der Waals surface area contributed by atoms with Crippen LogP contribution in [0.25, 0.3) is 10.8 Å². The number of anilines is 1. The number of amides is 2. The third-order valence-electron chi connectivity index (χ3n) is 4.78. The first-order valence-electron chi connectivity index (χ1n) is 9.07. The van der Waals surface area contributed by atoms with Gasteiger partial charge in [-0.25, -0.2) is 4.79 Å². The second-order valence-corrected chi connectivity index (χ2v) is 7.70. The van der Waals surface area contributed by atoms with Crippen molar-refractivity contribution in [2.75, 3.05) is 18.0 Å². The number of fused-ring (bicyclic) bond motifs is 1. The van der Waals surface area contributed by atoms with Crippen molar-refractivity contribution in [2.45, 2.75) is 18.6 Å². The van der Waals surface area contributed by atoms with Crippen LogP contribution >= 0.6 is 11.3 Å². The fourth-order valence-electron chi connectivity index (χ4n) is 3.30. The lowest BCUT2D eigenvalue weighted by Crippen LogP contribution is -2.46. The van der Waals surface area contributed by atoms with Gasteiger partial charge in [0.2, 0.25) is 0 Å². The molecule has 1 aliphatic heterocycles. The molecule has 2 heterocycles. The molecular weight excluding hydrogens is 376 g/mol. The van der Waals surface area contributed by atoms with Crippen LogP contribution in [0.5, 0.6) is 0 Å². The molecule has 2 aromatic carbocycles. The van der Waals surface area contributed by atoms with Crippen molar-refractivity contribution >= 4 is 39.8 Å². The fourth-order valence-corrected chi connectivity index (χ4v) is 4.01. The molecule has 4 rings (SSSR count). The van der Waals surface area contributed by atoms with E-state index < -0.39 is 17.8 Å². The largest absolute Gasteiger partial charge is 0.410 e. The van der Waals surface area contributed by atoms with Crippen molar-refractivity contribution in [1.29, 1.82) is 0 Å². The van der Waals surface area contributed by atoms with Crippen LogP contribution in [0.2, 0.25) is 0 Å². The summed E-state index contributed by atoms with van der Waals surface area (Å²) in [6.45, 7) is 0.647. The summed E-state index contributed by atoms with van der Waals surface area (Å²) in [5.41, 5.74) is 0.668. The van der Waals surface area contributed by atoms with E-state index in [0.29, 0.717) is 18.7 Å². The summed E-state index contributed by atoms with van der Waals surface area (Å²) in [7, 11) is 0. The van der Waals surface area contributed by atoms with Gasteiger partial charge in [-0.15, -0.1) is 11.3 Å². The molecule has 0 saturated carbocycles. The average Bonchev–Trinajstić information content (AvgIpc) is 3.30. The fraction of sp³-hybridized carbons (Fsp3) is 0.238. The van der Waals surface area contributed by atoms with E-state index in [4.69, 9.17) is 4.74 Å². The van der Waals surface area contributed by atoms with Gasteiger partial charge >= 0.3 is 6.09 Å². The molecule has 0 radical (unpaired) electrons. The maximum absolute atomic E-state index is 12.7. The number of carbonyl (C=O) groups excluding carboxylic acids is 2. The number of ether oxygens (including phenoxy) is 1. The molecule has 1 aliphatic rings. The van der Waals surface area contributed by atoms with Gasteiger partial charge in [0, 0.05) is 30.1 Å². The molecule has 0 bridgehead atoms. The quantitative estimate of drug-likeness (QED) is 0.649. The van der Waals surface area contributed by atoms with Crippen LogP contribution in [0.4, 0.5) is 10.5 Å². The van der Waals surface area contributed by atoms with Crippen LogP contribution in [-0.4, -0.2) is 36.0 Å². The summed E-state index contributed by atoms with van der Waals surface area (Å²) in [6, 6.07) is 17.4. The lowest BCUT2D eigenvalue weighted by Gasteiger charge is -2.22. The average molecular weight is 396 g/mol. The van der Waals surface area contributed by atoms with Gasteiger partial charge in [-0.2, -0.15) is 0 Å². The molecule has 144 valence electrons. The van der Waals surface area contributed by atoms with Crippen molar-refractivity contribution in [3.05, 3.63) is 64.9 Å². The summed E-state index contributed by atoms with van der Waals surface area (Å²) in [5, 5.41) is 17.2. The van der Waals surface area contributed by atoms with E-state index in [1.807, 2.05) is 60.0 Å². The van der Waals surface area contributed by atoms with E-state index in [2.05, 4.69) is 5.32 Å². The molecule has 1 aromatic heterocycles. The van der Waals surface area contributed by atoms with Crippen molar-refractivity contribution in [3.63, 3.8) is 0 Å². The number of nitrogens with zero attached hydrogens (tertiary/aromatic N) is 1. The van der Waals surface area contributed by atoms with Gasteiger partial charge in [0.1, 0.15) is 0 Å². The normalized spacial score (nSPS) is 19.2. The Morgan fingerprint density at radius 2 is 2.00 bits per heavy atom. The molecule has 28 heavy (non-hydrogen) atoms. The Hall–Kier alpha value is -2.90. The number of rotatable bonds is 5. The predicted octanol–water partition coefficient (Wildman–Crippen LogP) is 3.30. The number of thiophene rings is 1. The lowest BCUT2D eigenvalue weighted by molar-refractivity contribution is -0.175. The number of benzene rings is 2. The van der Waals surface area contributed by atoms with Gasteiger partial charge in [0.15, 0.2) is 0 Å². The van der Waals surface area contributed by atoms with Crippen LogP contribution in [-0.2, 0) is 16.0 Å². The molecule has 0 spiro atoms. The summed E-state index contributed by atoms with van der Waals surface area (Å²) >= 11 is 1.60. The van der Waals surface area contributed by atoms with E-state index >= 15 is 0 Å². The van der Waals surface area contributed by atoms with Gasteiger partial charge in [0.05, 0.1) is 0 Å². The highest BCUT2D eigenvalue weighted by atomic mass is 32.1. The molecule has 1 fully saturated rings. The van der Waals surface area contributed by atoms with Crippen molar-refractivity contribution in [1.82, 2.24) is 5.32 Å². The highest BCUT2D eigenvalue weighted by Crippen LogP contribution is 2.31. The lowest BCUT2D eigenvalue weighted by atomic mass is 10.1. The van der Waals surface area contributed by atoms with Gasteiger partial charge in [-0.05, 0) is 40.8 Å². The zero-order valence-electron chi connectivity index (χ0n) is 15.1. The number of hydrogen-bond donors (Lipinski definition) is 2. The Bertz CT molecular complexity index is 1000. The predicted molar refractivity (Wildman–Crippen MR) is 108 cm³/mol. The molecule has 1 atom stereocenters. The first-order valence-corrected chi connectivity index (χ1v) is 9.95. The number of hydrogen-bond acceptors (Lipinski definition) is 5. The standard InChI is InChI=1S/C21H20N2O4S/c24-19-21(26,27-20(25)22-11-9-18-6-3-13-28-18)10-12-23(19)17-8-7-15-4-1-2-5-16(15)14-17/h1-8,13-14,26H,9-12H2,(H,22,25)/t21-/m1/s1. The first-order chi connectivity index (χ1) is 13.5. The highest BCUT2D eigenvalue weighted by molar-refractivity contribution is 7.09. The van der Waals surface area contributed by atoms with Gasteiger partial charge in [-0.3, -0.25) is 4.79 Å². The van der Waals surface area contributed by atoms with Crippen LogP contribution in [0.3, 0.4) is 0 Å². The zero-order valence-corrected chi connectivity index (χ0v) is 15.9. The number of carbonyl (C=O) groups is 2. The Morgan fingerprint density at radius 1 is 1.18 bits per heavy atom. The summed E-state index contributed by atoms with van der Waals surface area (Å²) in [4.78, 5) is 27.4. The monoisotopic (exact) mass is 396 g/mol. The smallest absolute Gasteiger partial charge is 0.407 e. The van der Waals surface area contributed by atoms with Crippen molar-refractivity contribution in [3.8, 4) is 0 Å². The Morgan fingerprint density at radius 3 is 2.79 bits per heavy atom. The topological polar surface area (TPSA) is 78.9 Å². The second-order valence-electron chi connectivity index (χ2n) is 6.67. The van der Waals surface area contributed by atoms with Gasteiger partial charge < -0.3 is 20.1 Å². The molecular formula is C21H20N2O4S. The first kappa shape index (κ1) is 18.5. The van der Waals surface area contributed by atoms with E-state index in [9.17, 15) is 14.7 Å². The number of alkyl carbamates (subject to hydrolysis) is 1. The molecule has 2 N–H and O–H groups in total. The highest BCUT2D eigenvalue weighted by Gasteiger charge is 2.49. The van der Waals surface area contributed by atoms with Crippen LogP contribution in [0.15, 0.2) is 60.0 Å². The molecule has 1 saturated heterocycles. The summed E-state index contributed by atoms with van der Waals surface area (Å²) < 4.78 is 5.09. The summed E-state index contributed by atoms with van der Waals surface area (Å²) in [5.74, 6) is -2.77.